The van der Waals surface area contributed by atoms with E-state index in [1.807, 2.05) is 12.1 Å². The molecule has 0 bridgehead atoms. The molecule has 1 aromatic heterocycles. The second-order valence-electron chi connectivity index (χ2n) is 6.21. The van der Waals surface area contributed by atoms with Crippen LogP contribution in [0.5, 0.6) is 11.6 Å². The fraction of sp³-hybridized carbons (Fsp3) is 0.158. The van der Waals surface area contributed by atoms with Gasteiger partial charge in [0.1, 0.15) is 5.75 Å². The average Bonchev–Trinajstić information content (AvgIpc) is 3.12. The van der Waals surface area contributed by atoms with Crippen LogP contribution < -0.4 is 15.4 Å². The first-order chi connectivity index (χ1) is 12.5. The zero-order valence-electron chi connectivity index (χ0n) is 14.0. The van der Waals surface area contributed by atoms with Crippen LogP contribution in [0.25, 0.3) is 10.8 Å². The zero-order chi connectivity index (χ0) is 18.3. The smallest absolute Gasteiger partial charge is 0.322 e. The molecule has 1 aliphatic heterocycles. The molecule has 1 aliphatic rings. The summed E-state index contributed by atoms with van der Waals surface area (Å²) in [5.74, 6) is 0.168. The number of carbonyl (C=O) groups excluding carboxylic acids is 2. The van der Waals surface area contributed by atoms with Crippen LogP contribution in [0.2, 0.25) is 0 Å². The minimum absolute atomic E-state index is 0.00292. The summed E-state index contributed by atoms with van der Waals surface area (Å²) in [6, 6.07) is 13.8. The lowest BCUT2D eigenvalue weighted by Crippen LogP contribution is -2.47. The number of amides is 3. The number of benzene rings is 2. The number of rotatable bonds is 4. The number of carbonyl (C=O) groups is 2. The molecule has 1 saturated heterocycles. The third-order valence-corrected chi connectivity index (χ3v) is 4.68. The minimum atomic E-state index is -1.30. The highest BCUT2D eigenvalue weighted by atomic mass is 16.5. The standard InChI is InChI=1S/C19H17N3O4/c1-26-14-8-7-12-10-22(16(23)15(12)9-14)11-19(13-5-3-2-4-6-13)17(24)20-18(25)21-19/h2-10,23H,11H2,1H3,(H2,20,21,24,25). The van der Waals surface area contributed by atoms with Crippen molar-refractivity contribution >= 4 is 22.7 Å². The largest absolute Gasteiger partial charge is 0.497 e. The Hall–Kier alpha value is -3.48. The van der Waals surface area contributed by atoms with Gasteiger partial charge in [-0.05, 0) is 23.8 Å². The van der Waals surface area contributed by atoms with Gasteiger partial charge in [-0.3, -0.25) is 10.1 Å². The summed E-state index contributed by atoms with van der Waals surface area (Å²) >= 11 is 0. The third kappa shape index (κ3) is 2.36. The van der Waals surface area contributed by atoms with Crippen molar-refractivity contribution in [3.63, 3.8) is 0 Å². The number of hydrogen-bond acceptors (Lipinski definition) is 4. The summed E-state index contributed by atoms with van der Waals surface area (Å²) in [4.78, 5) is 24.5. The molecular formula is C19H17N3O4. The molecule has 3 aromatic rings. The van der Waals surface area contributed by atoms with Crippen LogP contribution >= 0.6 is 0 Å². The topological polar surface area (TPSA) is 92.6 Å². The number of aromatic nitrogens is 1. The van der Waals surface area contributed by atoms with Crippen LogP contribution in [0.3, 0.4) is 0 Å². The number of fused-ring (bicyclic) bond motifs is 1. The Labute approximate surface area is 149 Å². The van der Waals surface area contributed by atoms with Gasteiger partial charge in [0.2, 0.25) is 0 Å². The summed E-state index contributed by atoms with van der Waals surface area (Å²) in [6.07, 6.45) is 1.74. The Morgan fingerprint density at radius 2 is 1.92 bits per heavy atom. The molecule has 7 nitrogen and oxygen atoms in total. The molecule has 4 rings (SSSR count). The molecular weight excluding hydrogens is 334 g/mol. The molecule has 7 heteroatoms. The quantitative estimate of drug-likeness (QED) is 0.628. The van der Waals surface area contributed by atoms with Crippen LogP contribution in [0.1, 0.15) is 5.56 Å². The molecule has 3 amide bonds. The van der Waals surface area contributed by atoms with Crippen LogP contribution in [0.4, 0.5) is 4.79 Å². The van der Waals surface area contributed by atoms with Crippen LogP contribution in [-0.2, 0) is 16.9 Å². The number of aromatic hydroxyl groups is 1. The Kier molecular flexibility index (Phi) is 3.57. The number of ether oxygens (including phenoxy) is 1. The summed E-state index contributed by atoms with van der Waals surface area (Å²) in [7, 11) is 1.55. The van der Waals surface area contributed by atoms with Crippen molar-refractivity contribution in [2.45, 2.75) is 12.1 Å². The predicted octanol–water partition coefficient (Wildman–Crippen LogP) is 2.09. The number of nitrogens with one attached hydrogen (secondary N) is 2. The second kappa shape index (κ2) is 5.80. The van der Waals surface area contributed by atoms with Gasteiger partial charge < -0.3 is 19.7 Å². The van der Waals surface area contributed by atoms with Crippen molar-refractivity contribution < 1.29 is 19.4 Å². The number of hydrogen-bond donors (Lipinski definition) is 3. The van der Waals surface area contributed by atoms with E-state index in [1.165, 1.54) is 0 Å². The van der Waals surface area contributed by atoms with E-state index in [2.05, 4.69) is 10.6 Å². The van der Waals surface area contributed by atoms with Gasteiger partial charge >= 0.3 is 6.03 Å². The maximum Gasteiger partial charge on any atom is 0.322 e. The van der Waals surface area contributed by atoms with Crippen molar-refractivity contribution in [2.75, 3.05) is 7.11 Å². The minimum Gasteiger partial charge on any atom is -0.497 e. The Bertz CT molecular complexity index is 1010. The second-order valence-corrected chi connectivity index (χ2v) is 6.21. The zero-order valence-corrected chi connectivity index (χ0v) is 14.0. The molecule has 2 heterocycles. The van der Waals surface area contributed by atoms with Crippen LogP contribution in [0, 0.1) is 0 Å². The first-order valence-electron chi connectivity index (χ1n) is 8.08. The summed E-state index contributed by atoms with van der Waals surface area (Å²) < 4.78 is 6.76. The van der Waals surface area contributed by atoms with Gasteiger partial charge in [0.05, 0.1) is 13.7 Å². The highest BCUT2D eigenvalue weighted by molar-refractivity contribution is 6.07. The van der Waals surface area contributed by atoms with E-state index >= 15 is 0 Å². The van der Waals surface area contributed by atoms with Gasteiger partial charge in [0.25, 0.3) is 5.91 Å². The van der Waals surface area contributed by atoms with E-state index < -0.39 is 17.5 Å². The molecule has 1 fully saturated rings. The molecule has 0 aliphatic carbocycles. The summed E-state index contributed by atoms with van der Waals surface area (Å²) in [5, 5.41) is 17.1. The van der Waals surface area contributed by atoms with Crippen molar-refractivity contribution in [3.05, 3.63) is 60.3 Å². The maximum absolute atomic E-state index is 12.6. The Morgan fingerprint density at radius 3 is 2.58 bits per heavy atom. The average molecular weight is 351 g/mol. The number of imide groups is 1. The van der Waals surface area contributed by atoms with Crippen molar-refractivity contribution in [2.24, 2.45) is 0 Å². The van der Waals surface area contributed by atoms with E-state index in [9.17, 15) is 14.7 Å². The fourth-order valence-corrected chi connectivity index (χ4v) is 3.35. The molecule has 132 valence electrons. The van der Waals surface area contributed by atoms with Gasteiger partial charge in [0.15, 0.2) is 11.4 Å². The number of urea groups is 1. The van der Waals surface area contributed by atoms with Gasteiger partial charge in [-0.1, -0.05) is 30.3 Å². The monoisotopic (exact) mass is 351 g/mol. The molecule has 0 spiro atoms. The van der Waals surface area contributed by atoms with Crippen LogP contribution in [0.15, 0.2) is 54.7 Å². The van der Waals surface area contributed by atoms with Crippen LogP contribution in [-0.4, -0.2) is 28.7 Å². The fourth-order valence-electron chi connectivity index (χ4n) is 3.35. The Balaban J connectivity index is 1.82. The molecule has 1 atom stereocenters. The lowest BCUT2D eigenvalue weighted by molar-refractivity contribution is -0.124. The highest BCUT2D eigenvalue weighted by Crippen LogP contribution is 2.34. The summed E-state index contributed by atoms with van der Waals surface area (Å²) in [5.41, 5.74) is -0.660. The lowest BCUT2D eigenvalue weighted by Gasteiger charge is -2.27. The third-order valence-electron chi connectivity index (χ3n) is 4.68. The van der Waals surface area contributed by atoms with Gasteiger partial charge in [-0.15, -0.1) is 0 Å². The van der Waals surface area contributed by atoms with Crippen molar-refractivity contribution in [1.29, 1.82) is 0 Å². The van der Waals surface area contributed by atoms with Crippen molar-refractivity contribution in [3.8, 4) is 11.6 Å². The molecule has 0 saturated carbocycles. The summed E-state index contributed by atoms with van der Waals surface area (Å²) in [6.45, 7) is 0.0530. The van der Waals surface area contributed by atoms with Gasteiger partial charge in [-0.25, -0.2) is 4.79 Å². The SMILES string of the molecule is COc1ccc2cn(CC3(c4ccccc4)NC(=O)NC3=O)c(O)c2c1. The van der Waals surface area contributed by atoms with E-state index in [0.29, 0.717) is 16.7 Å². The maximum atomic E-state index is 12.6. The van der Waals surface area contributed by atoms with E-state index in [4.69, 9.17) is 4.74 Å². The predicted molar refractivity (Wildman–Crippen MR) is 94.9 cm³/mol. The van der Waals surface area contributed by atoms with Crippen molar-refractivity contribution in [1.82, 2.24) is 15.2 Å². The van der Waals surface area contributed by atoms with E-state index in [-0.39, 0.29) is 12.4 Å². The number of nitrogens with zero attached hydrogens (tertiary/aromatic N) is 1. The molecule has 1 unspecified atom stereocenters. The van der Waals surface area contributed by atoms with Gasteiger partial charge in [0, 0.05) is 17.0 Å². The lowest BCUT2D eigenvalue weighted by atomic mass is 9.90. The first-order valence-corrected chi connectivity index (χ1v) is 8.08. The molecule has 26 heavy (non-hydrogen) atoms. The Morgan fingerprint density at radius 1 is 1.15 bits per heavy atom. The molecule has 2 aromatic carbocycles. The normalized spacial score (nSPS) is 19.4. The number of methoxy groups -OCH3 is 1. The molecule has 3 N–H and O–H groups in total. The highest BCUT2D eigenvalue weighted by Gasteiger charge is 2.48. The molecule has 0 radical (unpaired) electrons. The van der Waals surface area contributed by atoms with E-state index in [0.717, 1.165) is 5.39 Å². The van der Waals surface area contributed by atoms with E-state index in [1.54, 1.807) is 54.3 Å². The first kappa shape index (κ1) is 16.0. The van der Waals surface area contributed by atoms with Gasteiger partial charge in [-0.2, -0.15) is 0 Å².